The Kier molecular flexibility index (Phi) is 8.36. The summed E-state index contributed by atoms with van der Waals surface area (Å²) in [6.07, 6.45) is 0.0246. The molecule has 218 valence electrons. The highest BCUT2D eigenvalue weighted by molar-refractivity contribution is 5.92. The van der Waals surface area contributed by atoms with Gasteiger partial charge in [-0.05, 0) is 42.0 Å². The highest BCUT2D eigenvalue weighted by Crippen LogP contribution is 2.29. The number of imidazole rings is 1. The van der Waals surface area contributed by atoms with Gasteiger partial charge in [-0.2, -0.15) is 5.26 Å². The number of hydrogen-bond donors (Lipinski definition) is 1. The topological polar surface area (TPSA) is 110 Å². The summed E-state index contributed by atoms with van der Waals surface area (Å²) in [5.74, 6) is -4.89. The third-order valence-electron chi connectivity index (χ3n) is 6.71. The molecule has 43 heavy (non-hydrogen) atoms. The van der Waals surface area contributed by atoms with Crippen LogP contribution in [0.2, 0.25) is 0 Å². The Morgan fingerprint density at radius 3 is 2.40 bits per heavy atom. The quantitative estimate of drug-likeness (QED) is 0.198. The van der Waals surface area contributed by atoms with Crippen LogP contribution in [0.5, 0.6) is 5.88 Å². The number of nitrogens with zero attached hydrogens (tertiary/aromatic N) is 4. The van der Waals surface area contributed by atoms with E-state index in [1.54, 1.807) is 16.7 Å². The van der Waals surface area contributed by atoms with E-state index >= 15 is 4.39 Å². The molecular formula is C31H22F4N4O4. The third-order valence-corrected chi connectivity index (χ3v) is 6.71. The summed E-state index contributed by atoms with van der Waals surface area (Å²) in [5, 5.41) is 18.3. The molecule has 8 nitrogen and oxygen atoms in total. The number of aromatic carboxylic acids is 1. The average Bonchev–Trinajstić information content (AvgIpc) is 3.33. The molecule has 5 aromatic rings. The number of aromatic nitrogens is 3. The number of carboxylic acids is 1. The maximum atomic E-state index is 15.4. The fraction of sp³-hybridized carbons (Fsp3) is 0.161. The monoisotopic (exact) mass is 590 g/mol. The van der Waals surface area contributed by atoms with Gasteiger partial charge in [0.15, 0.2) is 11.6 Å². The van der Waals surface area contributed by atoms with Crippen molar-refractivity contribution in [2.45, 2.75) is 19.6 Å². The molecule has 0 bridgehead atoms. The third kappa shape index (κ3) is 6.17. The van der Waals surface area contributed by atoms with Gasteiger partial charge in [-0.1, -0.05) is 18.2 Å². The second-order valence-electron chi connectivity index (χ2n) is 9.48. The molecule has 0 fully saturated rings. The first-order chi connectivity index (χ1) is 20.7. The van der Waals surface area contributed by atoms with Gasteiger partial charge in [-0.25, -0.2) is 32.3 Å². The van der Waals surface area contributed by atoms with E-state index in [1.165, 1.54) is 43.5 Å². The van der Waals surface area contributed by atoms with Crippen molar-refractivity contribution >= 4 is 17.0 Å². The van der Waals surface area contributed by atoms with E-state index in [2.05, 4.69) is 9.97 Å². The minimum absolute atomic E-state index is 0.00661. The van der Waals surface area contributed by atoms with Crippen LogP contribution in [0.1, 0.15) is 32.9 Å². The molecule has 0 aliphatic heterocycles. The van der Waals surface area contributed by atoms with Crippen molar-refractivity contribution in [1.82, 2.24) is 14.5 Å². The first-order valence-electron chi connectivity index (χ1n) is 12.9. The number of benzene rings is 3. The lowest BCUT2D eigenvalue weighted by Crippen LogP contribution is -2.10. The van der Waals surface area contributed by atoms with Crippen LogP contribution < -0.4 is 4.74 Å². The van der Waals surface area contributed by atoms with E-state index in [0.717, 1.165) is 12.1 Å². The lowest BCUT2D eigenvalue weighted by atomic mass is 10.0. The summed E-state index contributed by atoms with van der Waals surface area (Å²) in [6, 6.07) is 14.4. The predicted octanol–water partition coefficient (Wildman–Crippen LogP) is 6.04. The fourth-order valence-electron chi connectivity index (χ4n) is 4.51. The van der Waals surface area contributed by atoms with Crippen molar-refractivity contribution in [2.75, 3.05) is 13.7 Å². The van der Waals surface area contributed by atoms with Crippen molar-refractivity contribution in [3.8, 4) is 23.2 Å². The Hall–Kier alpha value is -5.28. The van der Waals surface area contributed by atoms with Crippen LogP contribution in [0.4, 0.5) is 17.6 Å². The number of fused-ring (bicyclic) bond motifs is 1. The van der Waals surface area contributed by atoms with Crippen LogP contribution >= 0.6 is 0 Å². The van der Waals surface area contributed by atoms with Crippen molar-refractivity contribution in [2.24, 2.45) is 0 Å². The Bertz CT molecular complexity index is 1900. The van der Waals surface area contributed by atoms with Crippen molar-refractivity contribution in [1.29, 1.82) is 5.26 Å². The van der Waals surface area contributed by atoms with Gasteiger partial charge in [0, 0.05) is 37.3 Å². The van der Waals surface area contributed by atoms with Crippen molar-refractivity contribution < 1.29 is 36.9 Å². The van der Waals surface area contributed by atoms with Crippen LogP contribution in [0, 0.1) is 34.6 Å². The molecular weight excluding hydrogens is 568 g/mol. The highest BCUT2D eigenvalue weighted by atomic mass is 19.1. The van der Waals surface area contributed by atoms with Crippen LogP contribution in [-0.2, 0) is 24.3 Å². The van der Waals surface area contributed by atoms with Crippen molar-refractivity contribution in [3.63, 3.8) is 0 Å². The van der Waals surface area contributed by atoms with Crippen LogP contribution in [0.3, 0.4) is 0 Å². The van der Waals surface area contributed by atoms with Gasteiger partial charge in [0.2, 0.25) is 0 Å². The highest BCUT2D eigenvalue weighted by Gasteiger charge is 2.19. The Morgan fingerprint density at radius 2 is 1.70 bits per heavy atom. The smallest absolute Gasteiger partial charge is 0.335 e. The standard InChI is InChI=1S/C31H22F4N4O4/c1-42-9-8-39-27-12-20(31(40)41)6-7-26(27)37-28(39)13-18-4-5-19(11-23(18)33)29-24(34)14-25(35)30(38-29)43-16-21-3-2-17(15-36)10-22(21)32/h2-7,10-12,14H,8-9,13,16H2,1H3,(H,40,41). The van der Waals surface area contributed by atoms with Crippen LogP contribution in [0.15, 0.2) is 60.7 Å². The molecule has 2 heterocycles. The minimum atomic E-state index is -1.13. The summed E-state index contributed by atoms with van der Waals surface area (Å²) in [7, 11) is 1.52. The number of carbonyl (C=O) groups is 1. The zero-order valence-electron chi connectivity index (χ0n) is 22.6. The molecule has 0 atom stereocenters. The summed E-state index contributed by atoms with van der Waals surface area (Å²) in [6.45, 7) is 0.192. The lowest BCUT2D eigenvalue weighted by molar-refractivity contribution is 0.0697. The summed E-state index contributed by atoms with van der Waals surface area (Å²) < 4.78 is 71.0. The Morgan fingerprint density at radius 1 is 0.930 bits per heavy atom. The van der Waals surface area contributed by atoms with Gasteiger partial charge < -0.3 is 19.1 Å². The number of halogens is 4. The zero-order chi connectivity index (χ0) is 30.7. The lowest BCUT2D eigenvalue weighted by Gasteiger charge is -2.12. The number of methoxy groups -OCH3 is 1. The minimum Gasteiger partial charge on any atom is -0.478 e. The molecule has 2 aromatic heterocycles. The summed E-state index contributed by atoms with van der Waals surface area (Å²) in [4.78, 5) is 19.9. The summed E-state index contributed by atoms with van der Waals surface area (Å²) >= 11 is 0. The van der Waals surface area contributed by atoms with E-state index in [-0.39, 0.29) is 39.9 Å². The van der Waals surface area contributed by atoms with E-state index in [4.69, 9.17) is 14.7 Å². The van der Waals surface area contributed by atoms with E-state index in [1.807, 2.05) is 0 Å². The average molecular weight is 591 g/mol. The molecule has 5 rings (SSSR count). The molecule has 0 spiro atoms. The summed E-state index contributed by atoms with van der Waals surface area (Å²) in [5.41, 5.74) is 1.12. The number of nitriles is 1. The molecule has 12 heteroatoms. The number of carboxylic acid groups (broad SMARTS) is 1. The van der Waals surface area contributed by atoms with Crippen molar-refractivity contribution in [3.05, 3.63) is 112 Å². The van der Waals surface area contributed by atoms with E-state index < -0.39 is 41.7 Å². The van der Waals surface area contributed by atoms with Crippen LogP contribution in [-0.4, -0.2) is 39.3 Å². The fourth-order valence-corrected chi connectivity index (χ4v) is 4.51. The number of rotatable bonds is 10. The molecule has 0 radical (unpaired) electrons. The number of ether oxygens (including phenoxy) is 2. The maximum Gasteiger partial charge on any atom is 0.335 e. The van der Waals surface area contributed by atoms with Gasteiger partial charge >= 0.3 is 5.97 Å². The Labute approximate surface area is 242 Å². The van der Waals surface area contributed by atoms with Gasteiger partial charge in [-0.3, -0.25) is 0 Å². The second kappa shape index (κ2) is 12.3. The van der Waals surface area contributed by atoms with E-state index in [0.29, 0.717) is 36.1 Å². The first kappa shape index (κ1) is 29.2. The first-order valence-corrected chi connectivity index (χ1v) is 12.9. The molecule has 0 unspecified atom stereocenters. The molecule has 0 saturated carbocycles. The SMILES string of the molecule is COCCn1c(Cc2ccc(-c3nc(OCc4ccc(C#N)cc4F)c(F)cc3F)cc2F)nc2ccc(C(=O)O)cc21. The molecule has 0 amide bonds. The second-order valence-corrected chi connectivity index (χ2v) is 9.48. The van der Waals surface area contributed by atoms with E-state index in [9.17, 15) is 23.1 Å². The Balaban J connectivity index is 1.42. The normalized spacial score (nSPS) is 11.1. The molecule has 3 aromatic carbocycles. The number of pyridine rings is 1. The maximum absolute atomic E-state index is 15.4. The van der Waals surface area contributed by atoms with Crippen LogP contribution in [0.25, 0.3) is 22.3 Å². The molecule has 0 saturated heterocycles. The van der Waals surface area contributed by atoms with Gasteiger partial charge in [-0.15, -0.1) is 0 Å². The molecule has 0 aliphatic rings. The molecule has 1 N–H and O–H groups in total. The predicted molar refractivity (Wildman–Crippen MR) is 146 cm³/mol. The van der Waals surface area contributed by atoms with Gasteiger partial charge in [0.05, 0.1) is 34.8 Å². The van der Waals surface area contributed by atoms with Gasteiger partial charge in [0.25, 0.3) is 5.88 Å². The van der Waals surface area contributed by atoms with Gasteiger partial charge in [0.1, 0.15) is 29.8 Å². The molecule has 0 aliphatic carbocycles. The zero-order valence-corrected chi connectivity index (χ0v) is 22.6. The number of hydrogen-bond acceptors (Lipinski definition) is 6. The largest absolute Gasteiger partial charge is 0.478 e.